The number of benzene rings is 1. The number of rotatable bonds is 7. The van der Waals surface area contributed by atoms with Crippen LogP contribution in [-0.2, 0) is 23.9 Å². The topological polar surface area (TPSA) is 143 Å². The number of carboxylic acids is 1. The maximum Gasteiger partial charge on any atom is 0.326 e. The molecule has 2 atom stereocenters. The summed E-state index contributed by atoms with van der Waals surface area (Å²) < 4.78 is 9.05. The molecule has 0 aliphatic carbocycles. The molecule has 0 fully saturated rings. The van der Waals surface area contributed by atoms with Crippen molar-refractivity contribution >= 4 is 23.8 Å². The third-order valence-corrected chi connectivity index (χ3v) is 3.79. The van der Waals surface area contributed by atoms with Gasteiger partial charge in [0.05, 0.1) is 25.9 Å². The number of nitrogens with one attached hydrogen (secondary N) is 1. The van der Waals surface area contributed by atoms with Crippen molar-refractivity contribution < 1.29 is 33.8 Å². The zero-order valence-electron chi connectivity index (χ0n) is 14.4. The molecule has 0 aromatic heterocycles. The fraction of sp³-hybridized carbons (Fsp3) is 0.353. The second-order valence-electron chi connectivity index (χ2n) is 5.36. The Labute approximate surface area is 149 Å². The van der Waals surface area contributed by atoms with Crippen molar-refractivity contribution in [1.29, 1.82) is 5.26 Å². The van der Waals surface area contributed by atoms with Gasteiger partial charge in [-0.15, -0.1) is 0 Å². The molecule has 26 heavy (non-hydrogen) atoms. The Morgan fingerprint density at radius 2 is 1.58 bits per heavy atom. The fourth-order valence-corrected chi connectivity index (χ4v) is 2.31. The molecule has 1 amide bonds. The lowest BCUT2D eigenvalue weighted by atomic mass is 9.87. The summed E-state index contributed by atoms with van der Waals surface area (Å²) >= 11 is 0. The van der Waals surface area contributed by atoms with Crippen molar-refractivity contribution in [1.82, 2.24) is 5.32 Å². The van der Waals surface area contributed by atoms with E-state index in [0.29, 0.717) is 5.56 Å². The Morgan fingerprint density at radius 1 is 1.08 bits per heavy atom. The Bertz CT molecular complexity index is 720. The summed E-state index contributed by atoms with van der Waals surface area (Å²) in [6, 6.07) is 5.86. The first kappa shape index (κ1) is 20.6. The second kappa shape index (κ2) is 9.17. The minimum absolute atomic E-state index is 0.120. The molecule has 0 unspecified atom stereocenters. The minimum Gasteiger partial charge on any atom is -0.480 e. The lowest BCUT2D eigenvalue weighted by Crippen LogP contribution is -2.50. The molecule has 0 aliphatic heterocycles. The van der Waals surface area contributed by atoms with E-state index in [0.717, 1.165) is 14.2 Å². The third-order valence-electron chi connectivity index (χ3n) is 3.79. The zero-order chi connectivity index (χ0) is 19.9. The van der Waals surface area contributed by atoms with E-state index < -0.39 is 41.7 Å². The van der Waals surface area contributed by atoms with Crippen LogP contribution >= 0.6 is 0 Å². The lowest BCUT2D eigenvalue weighted by Gasteiger charge is -2.26. The predicted octanol–water partition coefficient (Wildman–Crippen LogP) is 0.340. The number of ether oxygens (including phenoxy) is 2. The number of carbonyl (C=O) groups excluding carboxylic acids is 3. The highest BCUT2D eigenvalue weighted by Gasteiger charge is 2.42. The average molecular weight is 362 g/mol. The van der Waals surface area contributed by atoms with Crippen LogP contribution in [0, 0.1) is 23.2 Å². The molecule has 1 rings (SSSR count). The highest BCUT2D eigenvalue weighted by Crippen LogP contribution is 2.20. The van der Waals surface area contributed by atoms with E-state index in [9.17, 15) is 24.3 Å². The highest BCUT2D eigenvalue weighted by molar-refractivity contribution is 5.98. The molecule has 1 aromatic rings. The number of aliphatic carboxylic acids is 1. The SMILES string of the molecule is COC(=O)C(C(=O)OC)[C@@H](C)[C@H](NC(=O)c1ccc(C#N)cc1)C(=O)O. The smallest absolute Gasteiger partial charge is 0.326 e. The number of carbonyl (C=O) groups is 4. The van der Waals surface area contributed by atoms with Crippen LogP contribution in [0.1, 0.15) is 22.8 Å². The van der Waals surface area contributed by atoms with Gasteiger partial charge in [-0.1, -0.05) is 6.92 Å². The normalized spacial score (nSPS) is 12.4. The van der Waals surface area contributed by atoms with E-state index in [1.54, 1.807) is 0 Å². The van der Waals surface area contributed by atoms with Gasteiger partial charge in [-0.2, -0.15) is 5.26 Å². The van der Waals surface area contributed by atoms with Gasteiger partial charge in [-0.3, -0.25) is 14.4 Å². The molecule has 0 saturated heterocycles. The quantitative estimate of drug-likeness (QED) is 0.522. The van der Waals surface area contributed by atoms with E-state index >= 15 is 0 Å². The van der Waals surface area contributed by atoms with Gasteiger partial charge in [0.1, 0.15) is 6.04 Å². The molecule has 0 heterocycles. The molecule has 9 nitrogen and oxygen atoms in total. The highest BCUT2D eigenvalue weighted by atomic mass is 16.5. The van der Waals surface area contributed by atoms with Crippen LogP contribution in [0.2, 0.25) is 0 Å². The maximum absolute atomic E-state index is 12.3. The number of carboxylic acid groups (broad SMARTS) is 1. The van der Waals surface area contributed by atoms with Crippen LogP contribution in [-0.4, -0.2) is 49.2 Å². The summed E-state index contributed by atoms with van der Waals surface area (Å²) in [6.45, 7) is 1.32. The van der Waals surface area contributed by atoms with E-state index in [2.05, 4.69) is 14.8 Å². The van der Waals surface area contributed by atoms with Crippen molar-refractivity contribution in [3.8, 4) is 6.07 Å². The van der Waals surface area contributed by atoms with E-state index in [-0.39, 0.29) is 5.56 Å². The van der Waals surface area contributed by atoms with E-state index in [1.165, 1.54) is 31.2 Å². The summed E-state index contributed by atoms with van der Waals surface area (Å²) in [6.07, 6.45) is 0. The van der Waals surface area contributed by atoms with Gasteiger partial charge in [-0.25, -0.2) is 4.79 Å². The van der Waals surface area contributed by atoms with Crippen LogP contribution in [0.4, 0.5) is 0 Å². The summed E-state index contributed by atoms with van der Waals surface area (Å²) in [7, 11) is 2.10. The molecular formula is C17H18N2O7. The van der Waals surface area contributed by atoms with Crippen molar-refractivity contribution in [2.75, 3.05) is 14.2 Å². The Balaban J connectivity index is 3.07. The molecule has 138 valence electrons. The number of hydrogen-bond acceptors (Lipinski definition) is 7. The summed E-state index contributed by atoms with van der Waals surface area (Å²) in [5.74, 6) is -6.77. The molecule has 0 aliphatic rings. The second-order valence-corrected chi connectivity index (χ2v) is 5.36. The molecule has 0 spiro atoms. The van der Waals surface area contributed by atoms with Gasteiger partial charge in [0.2, 0.25) is 0 Å². The van der Waals surface area contributed by atoms with Crippen molar-refractivity contribution in [2.45, 2.75) is 13.0 Å². The monoisotopic (exact) mass is 362 g/mol. The summed E-state index contributed by atoms with van der Waals surface area (Å²) in [4.78, 5) is 47.5. The van der Waals surface area contributed by atoms with Gasteiger partial charge < -0.3 is 19.9 Å². The zero-order valence-corrected chi connectivity index (χ0v) is 14.4. The molecule has 0 bridgehead atoms. The van der Waals surface area contributed by atoms with Gasteiger partial charge in [-0.05, 0) is 24.3 Å². The first-order valence-corrected chi connectivity index (χ1v) is 7.46. The largest absolute Gasteiger partial charge is 0.480 e. The predicted molar refractivity (Wildman–Crippen MR) is 86.7 cm³/mol. The summed E-state index contributed by atoms with van der Waals surface area (Å²) in [5.41, 5.74) is 0.455. The number of nitriles is 1. The lowest BCUT2D eigenvalue weighted by molar-refractivity contribution is -0.162. The van der Waals surface area contributed by atoms with Crippen LogP contribution in [0.15, 0.2) is 24.3 Å². The van der Waals surface area contributed by atoms with Crippen molar-refractivity contribution in [2.24, 2.45) is 11.8 Å². The number of methoxy groups -OCH3 is 2. The minimum atomic E-state index is -1.55. The molecule has 0 radical (unpaired) electrons. The van der Waals surface area contributed by atoms with Crippen LogP contribution in [0.25, 0.3) is 0 Å². The third kappa shape index (κ3) is 4.80. The molecule has 2 N–H and O–H groups in total. The molecule has 1 aromatic carbocycles. The van der Waals surface area contributed by atoms with E-state index in [1.807, 2.05) is 6.07 Å². The Hall–Kier alpha value is -3.41. The Morgan fingerprint density at radius 3 is 1.96 bits per heavy atom. The number of hydrogen-bond donors (Lipinski definition) is 2. The molecular weight excluding hydrogens is 344 g/mol. The van der Waals surface area contributed by atoms with Crippen molar-refractivity contribution in [3.05, 3.63) is 35.4 Å². The number of nitrogens with zero attached hydrogens (tertiary/aromatic N) is 1. The number of esters is 2. The average Bonchev–Trinajstić information content (AvgIpc) is 2.65. The van der Waals surface area contributed by atoms with Gasteiger partial charge >= 0.3 is 17.9 Å². The fourth-order valence-electron chi connectivity index (χ4n) is 2.31. The van der Waals surface area contributed by atoms with Crippen LogP contribution in [0.3, 0.4) is 0 Å². The first-order chi connectivity index (χ1) is 12.3. The van der Waals surface area contributed by atoms with Crippen molar-refractivity contribution in [3.63, 3.8) is 0 Å². The molecule has 9 heteroatoms. The van der Waals surface area contributed by atoms with Gasteiger partial charge in [0.15, 0.2) is 5.92 Å². The van der Waals surface area contributed by atoms with Crippen LogP contribution in [0.5, 0.6) is 0 Å². The molecule has 0 saturated carbocycles. The Kier molecular flexibility index (Phi) is 7.28. The van der Waals surface area contributed by atoms with Crippen LogP contribution < -0.4 is 5.32 Å². The van der Waals surface area contributed by atoms with E-state index in [4.69, 9.17) is 5.26 Å². The van der Waals surface area contributed by atoms with Gasteiger partial charge in [0, 0.05) is 11.5 Å². The maximum atomic E-state index is 12.3. The standard InChI is InChI=1S/C17H18N2O7/c1-9(12(16(23)25-2)17(24)26-3)13(15(21)22)19-14(20)11-6-4-10(8-18)5-7-11/h4-7,9,12-13H,1-3H3,(H,19,20)(H,21,22)/t9-,13+/m1/s1. The van der Waals surface area contributed by atoms with Gasteiger partial charge in [0.25, 0.3) is 5.91 Å². The first-order valence-electron chi connectivity index (χ1n) is 7.46. The summed E-state index contributed by atoms with van der Waals surface area (Å²) in [5, 5.41) is 20.4. The number of amides is 1.